The third kappa shape index (κ3) is 11.4. The Hall–Kier alpha value is -0.897. The first-order chi connectivity index (χ1) is 25.4. The van der Waals surface area contributed by atoms with E-state index in [2.05, 4.69) is 94.5 Å². The first-order valence-electron chi connectivity index (χ1n) is 15.0. The van der Waals surface area contributed by atoms with E-state index in [-0.39, 0.29) is 144 Å². The molecule has 0 fully saturated rings. The van der Waals surface area contributed by atoms with Crippen molar-refractivity contribution in [1.82, 2.24) is 0 Å². The largest absolute Gasteiger partial charge is 1.00 e. The fourth-order valence-corrected chi connectivity index (χ4v) is 7.02. The van der Waals surface area contributed by atoms with E-state index >= 15 is 0 Å². The molecule has 2 N–H and O–H groups in total. The van der Waals surface area contributed by atoms with E-state index in [1.165, 1.54) is 24.3 Å². The molecule has 0 saturated carbocycles. The number of hydrogen-bond acceptors (Lipinski definition) is 8. The topological polar surface area (TPSA) is 128 Å². The van der Waals surface area contributed by atoms with E-state index in [0.29, 0.717) is 8.95 Å². The first kappa shape index (κ1) is 48.5. The van der Waals surface area contributed by atoms with E-state index in [0.717, 1.165) is 65.0 Å². The predicted octanol–water partition coefficient (Wildman–Crippen LogP) is 6.74. The molecule has 0 radical (unpaired) electrons. The number of fused-ring (bicyclic) bond motifs is 7. The van der Waals surface area contributed by atoms with Gasteiger partial charge in [-0.25, -0.2) is 8.78 Å². The molecule has 2 heterocycles. The molecule has 0 atom stereocenters. The van der Waals surface area contributed by atoms with Crippen LogP contribution in [-0.2, 0) is 9.68 Å². The average Bonchev–Trinajstić information content (AvgIpc) is 3.69. The van der Waals surface area contributed by atoms with Crippen LogP contribution in [0.4, 0.5) is 8.78 Å². The molecule has 0 saturated heterocycles. The Morgan fingerprint density at radius 2 is 0.964 bits per heavy atom. The zero-order valence-corrected chi connectivity index (χ0v) is 42.6. The molecule has 0 aliphatic heterocycles. The van der Waals surface area contributed by atoms with Gasteiger partial charge in [0, 0.05) is 68.7 Å². The smallest absolute Gasteiger partial charge is 1.00 e. The molecular formula is C38H24Br4F2K2NO7P. The van der Waals surface area contributed by atoms with Gasteiger partial charge in [-0.3, -0.25) is 9.54 Å². The second-order valence-electron chi connectivity index (χ2n) is 10.8. The summed E-state index contributed by atoms with van der Waals surface area (Å²) in [5.41, 5.74) is 3.52. The predicted molar refractivity (Wildman–Crippen MR) is 217 cm³/mol. The van der Waals surface area contributed by atoms with Crippen molar-refractivity contribution in [2.45, 2.75) is 0 Å². The van der Waals surface area contributed by atoms with Crippen molar-refractivity contribution in [2.24, 2.45) is 4.74 Å². The molecule has 8 nitrogen and oxygen atoms in total. The minimum atomic E-state index is -0.709. The van der Waals surface area contributed by atoms with Gasteiger partial charge in [0.05, 0.1) is 0 Å². The minimum Gasteiger partial charge on any atom is -1.00 e. The van der Waals surface area contributed by atoms with Crippen LogP contribution in [0.15, 0.2) is 129 Å². The molecule has 2 aromatic heterocycles. The van der Waals surface area contributed by atoms with Crippen LogP contribution in [-0.4, -0.2) is 23.7 Å². The maximum atomic E-state index is 14.6. The van der Waals surface area contributed by atoms with E-state index in [9.17, 15) is 19.0 Å². The van der Waals surface area contributed by atoms with Crippen LogP contribution in [0, 0.1) is 11.6 Å². The molecule has 17 heteroatoms. The van der Waals surface area contributed by atoms with Crippen LogP contribution in [0.25, 0.3) is 66.1 Å². The molecule has 0 aliphatic carbocycles. The van der Waals surface area contributed by atoms with Crippen LogP contribution < -0.4 is 108 Å². The number of hydrogen-bond donors (Lipinski definition) is 2. The fourth-order valence-electron chi connectivity index (χ4n) is 5.57. The number of rotatable bonds is 3. The Kier molecular flexibility index (Phi) is 19.8. The van der Waals surface area contributed by atoms with Crippen LogP contribution in [0.5, 0.6) is 11.5 Å². The number of phenolic OH excluding ortho intramolecular Hbond substituents is 2. The Labute approximate surface area is 435 Å². The number of carbonyl (C=O) groups excluding carboxylic acids is 1. The molecule has 6 aromatic carbocycles. The van der Waals surface area contributed by atoms with Gasteiger partial charge in [0.15, 0.2) is 0 Å². The molecule has 0 amide bonds. The molecule has 0 unspecified atom stereocenters. The number of phenols is 2. The van der Waals surface area contributed by atoms with Gasteiger partial charge in [0.1, 0.15) is 45.5 Å². The zero-order valence-electron chi connectivity index (χ0n) is 30.0. The van der Waals surface area contributed by atoms with Crippen LogP contribution >= 0.6 is 72.8 Å². The van der Waals surface area contributed by atoms with Crippen LogP contribution in [0.2, 0.25) is 0 Å². The van der Waals surface area contributed by atoms with Gasteiger partial charge >= 0.3 is 103 Å². The molecule has 8 rings (SSSR count). The summed E-state index contributed by atoms with van der Waals surface area (Å²) in [5.74, 6) is -1.81. The molecule has 55 heavy (non-hydrogen) atoms. The molecular weight excluding hydrogens is 1050 g/mol. The van der Waals surface area contributed by atoms with E-state index in [1.807, 2.05) is 36.4 Å². The van der Waals surface area contributed by atoms with Crippen molar-refractivity contribution in [3.63, 3.8) is 0 Å². The van der Waals surface area contributed by atoms with Gasteiger partial charge in [-0.2, -0.15) is 0 Å². The van der Waals surface area contributed by atoms with Gasteiger partial charge < -0.3 is 30.6 Å². The summed E-state index contributed by atoms with van der Waals surface area (Å²) in [4.78, 5) is 11.2. The summed E-state index contributed by atoms with van der Waals surface area (Å²) >= 11 is 13.6. The maximum absolute atomic E-state index is 14.6. The number of furan rings is 2. The Morgan fingerprint density at radius 1 is 0.655 bits per heavy atom. The molecule has 0 bridgehead atoms. The van der Waals surface area contributed by atoms with Crippen LogP contribution in [0.3, 0.4) is 0 Å². The van der Waals surface area contributed by atoms with E-state index < -0.39 is 11.6 Å². The van der Waals surface area contributed by atoms with E-state index in [1.54, 1.807) is 19.2 Å². The quantitative estimate of drug-likeness (QED) is 0.0660. The number of halogens is 6. The Bertz CT molecular complexity index is 2480. The Morgan fingerprint density at radius 3 is 1.31 bits per heavy atom. The monoisotopic (exact) mass is 1070 g/mol. The van der Waals surface area contributed by atoms with Crippen molar-refractivity contribution >= 4 is 123 Å². The Balaban J connectivity index is 0.000000318. The summed E-state index contributed by atoms with van der Waals surface area (Å²) in [7, 11) is 4.47. The fraction of sp³-hybridized carbons (Fsp3) is 0.0263. The van der Waals surface area contributed by atoms with Gasteiger partial charge in [-0.05, 0) is 106 Å². The number of nitrogens with zero attached hydrogens (tertiary/aromatic N) is 1. The molecule has 8 aromatic rings. The number of carbonyl (C=O) groups is 1. The summed E-state index contributed by atoms with van der Waals surface area (Å²) in [6.07, 6.45) is 0. The molecule has 0 spiro atoms. The summed E-state index contributed by atoms with van der Waals surface area (Å²) < 4.78 is 47.7. The van der Waals surface area contributed by atoms with Crippen molar-refractivity contribution in [2.75, 3.05) is 7.05 Å². The second-order valence-corrected chi connectivity index (χ2v) is 14.9. The van der Waals surface area contributed by atoms with Gasteiger partial charge in [-0.15, -0.1) is 0 Å². The van der Waals surface area contributed by atoms with Gasteiger partial charge in [0.25, 0.3) is 6.47 Å². The van der Waals surface area contributed by atoms with Crippen molar-refractivity contribution in [3.05, 3.63) is 127 Å². The summed E-state index contributed by atoms with van der Waals surface area (Å²) in [6, 6.07) is 27.0. The standard InChI is InChI=1S/C18H10Br2F2O2.C18H8Br2O2.CH4NP.CH2O3.2K.H/c19-9-1-5-15(23)11(7-9)17-13(21)3-4-14(22)18(17)12-8-10(20)2-6-16(12)24;19-9-1-3-13-11(7-9)17-15(21-13)5-6-16-18(17)12-8-10(20)2-4-14(12)22-16;1-2-3;2-1-4-3;;;/h1-8,23-24H;1-8H;3H,1H3;1,3H;;;/q;;;;2*+1;-1/p-1. The zero-order chi connectivity index (χ0) is 38.4. The first-order valence-corrected chi connectivity index (χ1v) is 18.6. The van der Waals surface area contributed by atoms with Crippen molar-refractivity contribution in [1.29, 1.82) is 0 Å². The van der Waals surface area contributed by atoms with Crippen LogP contribution in [0.1, 0.15) is 1.43 Å². The van der Waals surface area contributed by atoms with Gasteiger partial charge in [0.2, 0.25) is 0 Å². The number of benzene rings is 6. The summed E-state index contributed by atoms with van der Waals surface area (Å²) in [6.45, 7) is -0.181. The molecule has 0 aliphatic rings. The number of aromatic hydroxyl groups is 2. The second kappa shape index (κ2) is 22.5. The van der Waals surface area contributed by atoms with Crippen molar-refractivity contribution < 1.29 is 147 Å². The average molecular weight is 1070 g/mol. The normalized spacial score (nSPS) is 10.2. The van der Waals surface area contributed by atoms with Crippen molar-refractivity contribution in [3.8, 4) is 33.8 Å². The minimum absolute atomic E-state index is 0. The summed E-state index contributed by atoms with van der Waals surface area (Å²) in [5, 5.41) is 33.1. The maximum Gasteiger partial charge on any atom is 1.00 e. The van der Waals surface area contributed by atoms with Gasteiger partial charge in [-0.1, -0.05) is 63.7 Å². The third-order valence-electron chi connectivity index (χ3n) is 7.59. The third-order valence-corrected chi connectivity index (χ3v) is 9.56. The molecule has 272 valence electrons. The van der Waals surface area contributed by atoms with E-state index in [4.69, 9.17) is 18.9 Å². The SMILES string of the molecule is Brc1ccc2oc3ccc4oc5ccc(Br)cc5c4c3c2c1.CN=P.O=CO[O-].Oc1ccc(Br)cc1-c1c(F)ccc(F)c1-c1cc(Br)ccc1O.[H-].[K+].[K+].